The first-order chi connectivity index (χ1) is 7.79. The Morgan fingerprint density at radius 1 is 1.47 bits per heavy atom. The lowest BCUT2D eigenvalue weighted by atomic mass is 9.92. The van der Waals surface area contributed by atoms with Gasteiger partial charge in [-0.3, -0.25) is 9.69 Å². The highest BCUT2D eigenvalue weighted by atomic mass is 16.5. The number of carboxylic acids is 1. The van der Waals surface area contributed by atoms with Gasteiger partial charge in [0.05, 0.1) is 5.57 Å². The molecule has 1 fully saturated rings. The minimum atomic E-state index is -1.12. The van der Waals surface area contributed by atoms with E-state index in [0.717, 1.165) is 0 Å². The molecular weight excluding hydrogens is 222 g/mol. The highest BCUT2D eigenvalue weighted by Crippen LogP contribution is 2.45. The zero-order valence-corrected chi connectivity index (χ0v) is 10.3. The number of ether oxygens (including phenoxy) is 1. The number of allylic oxidation sites excluding steroid dienone is 2. The van der Waals surface area contributed by atoms with Crippen LogP contribution in [0.2, 0.25) is 0 Å². The Hall–Kier alpha value is -1.78. The maximum atomic E-state index is 11.7. The van der Waals surface area contributed by atoms with E-state index < -0.39 is 17.6 Å². The molecule has 1 atom stereocenters. The number of amides is 1. The molecule has 0 aromatic heterocycles. The third-order valence-corrected chi connectivity index (χ3v) is 2.85. The van der Waals surface area contributed by atoms with Gasteiger partial charge >= 0.3 is 5.97 Å². The first kappa shape index (κ1) is 11.7. The Morgan fingerprint density at radius 3 is 2.47 bits per heavy atom. The molecule has 0 spiro atoms. The number of fused-ring (bicyclic) bond motifs is 1. The van der Waals surface area contributed by atoms with Gasteiger partial charge < -0.3 is 9.84 Å². The van der Waals surface area contributed by atoms with E-state index in [0.29, 0.717) is 11.3 Å². The Morgan fingerprint density at radius 2 is 2.06 bits per heavy atom. The maximum absolute atomic E-state index is 11.7. The minimum Gasteiger partial charge on any atom is -0.476 e. The van der Waals surface area contributed by atoms with Gasteiger partial charge in [0.15, 0.2) is 5.70 Å². The summed E-state index contributed by atoms with van der Waals surface area (Å²) in [5.41, 5.74) is 0.0468. The Kier molecular flexibility index (Phi) is 2.31. The molecule has 0 aliphatic carbocycles. The number of nitrogens with zero attached hydrogens (tertiary/aromatic N) is 1. The summed E-state index contributed by atoms with van der Waals surface area (Å²) >= 11 is 0. The third kappa shape index (κ3) is 1.45. The second-order valence-corrected chi connectivity index (χ2v) is 5.12. The molecular formula is C12H15NO4. The number of carbonyl (C=O) groups is 2. The van der Waals surface area contributed by atoms with E-state index in [1.54, 1.807) is 13.0 Å². The fraction of sp³-hybridized carbons (Fsp3) is 0.500. The molecule has 1 amide bonds. The first-order valence-electron chi connectivity index (χ1n) is 5.43. The van der Waals surface area contributed by atoms with E-state index in [4.69, 9.17) is 4.74 Å². The molecule has 2 aliphatic rings. The standard InChI is InChI=1S/C12H15NO4/c1-5-6-9(14)13-7(11(15)16)8(12(2,3)4)17-10(6)13/h5,10H,1-4H3,(H,15,16). The van der Waals surface area contributed by atoms with Crippen molar-refractivity contribution in [2.45, 2.75) is 33.9 Å². The molecule has 0 aromatic rings. The van der Waals surface area contributed by atoms with Crippen LogP contribution in [0.15, 0.2) is 23.1 Å². The third-order valence-electron chi connectivity index (χ3n) is 2.85. The van der Waals surface area contributed by atoms with Crippen molar-refractivity contribution in [2.24, 2.45) is 5.41 Å². The summed E-state index contributed by atoms with van der Waals surface area (Å²) in [6, 6.07) is 0. The quantitative estimate of drug-likeness (QED) is 0.554. The van der Waals surface area contributed by atoms with Crippen molar-refractivity contribution in [1.82, 2.24) is 4.90 Å². The summed E-state index contributed by atoms with van der Waals surface area (Å²) in [5, 5.41) is 9.19. The van der Waals surface area contributed by atoms with E-state index in [2.05, 4.69) is 0 Å². The first-order valence-corrected chi connectivity index (χ1v) is 5.43. The summed E-state index contributed by atoms with van der Waals surface area (Å²) in [4.78, 5) is 24.2. The van der Waals surface area contributed by atoms with Crippen LogP contribution in [0.3, 0.4) is 0 Å². The van der Waals surface area contributed by atoms with Gasteiger partial charge in [0.25, 0.3) is 5.91 Å². The van der Waals surface area contributed by atoms with Crippen molar-refractivity contribution < 1.29 is 19.4 Å². The van der Waals surface area contributed by atoms with Crippen molar-refractivity contribution in [3.63, 3.8) is 0 Å². The molecule has 0 bridgehead atoms. The molecule has 2 heterocycles. The molecule has 0 saturated carbocycles. The predicted molar refractivity (Wildman–Crippen MR) is 59.6 cm³/mol. The number of carboxylic acid groups (broad SMARTS) is 1. The number of hydrogen-bond donors (Lipinski definition) is 1. The topological polar surface area (TPSA) is 66.8 Å². The minimum absolute atomic E-state index is 0.0295. The van der Waals surface area contributed by atoms with Crippen LogP contribution < -0.4 is 0 Å². The fourth-order valence-corrected chi connectivity index (χ4v) is 2.03. The summed E-state index contributed by atoms with van der Waals surface area (Å²) in [7, 11) is 0. The van der Waals surface area contributed by atoms with E-state index in [-0.39, 0.29) is 11.6 Å². The largest absolute Gasteiger partial charge is 0.476 e. The van der Waals surface area contributed by atoms with E-state index in [1.165, 1.54) is 4.90 Å². The molecule has 0 radical (unpaired) electrons. The van der Waals surface area contributed by atoms with Crippen molar-refractivity contribution in [3.05, 3.63) is 23.1 Å². The Balaban J connectivity index is 2.47. The summed E-state index contributed by atoms with van der Waals surface area (Å²) in [6.07, 6.45) is 1.11. The van der Waals surface area contributed by atoms with Crippen molar-refractivity contribution in [3.8, 4) is 0 Å². The molecule has 1 unspecified atom stereocenters. The zero-order chi connectivity index (χ0) is 13.0. The molecule has 0 aromatic carbocycles. The van der Waals surface area contributed by atoms with E-state index in [9.17, 15) is 14.7 Å². The maximum Gasteiger partial charge on any atom is 0.356 e. The van der Waals surface area contributed by atoms with Crippen LogP contribution in [0.4, 0.5) is 0 Å². The lowest BCUT2D eigenvalue weighted by molar-refractivity contribution is -0.147. The van der Waals surface area contributed by atoms with Crippen LogP contribution >= 0.6 is 0 Å². The predicted octanol–water partition coefficient (Wildman–Crippen LogP) is 1.47. The van der Waals surface area contributed by atoms with Crippen molar-refractivity contribution in [1.29, 1.82) is 0 Å². The Bertz CT molecular complexity index is 467. The molecule has 92 valence electrons. The Labute approximate surface area is 99.4 Å². The van der Waals surface area contributed by atoms with Gasteiger partial charge in [0.2, 0.25) is 6.23 Å². The fourth-order valence-electron chi connectivity index (χ4n) is 2.03. The highest BCUT2D eigenvalue weighted by Gasteiger charge is 2.55. The summed E-state index contributed by atoms with van der Waals surface area (Å²) in [5.74, 6) is -1.05. The number of hydrogen-bond acceptors (Lipinski definition) is 3. The van der Waals surface area contributed by atoms with Crippen molar-refractivity contribution >= 4 is 11.9 Å². The van der Waals surface area contributed by atoms with Crippen LogP contribution in [0.25, 0.3) is 0 Å². The lowest BCUT2D eigenvalue weighted by Crippen LogP contribution is -2.52. The number of aliphatic carboxylic acids is 1. The molecule has 2 rings (SSSR count). The second kappa shape index (κ2) is 3.35. The molecule has 1 saturated heterocycles. The van der Waals surface area contributed by atoms with Gasteiger partial charge in [0, 0.05) is 5.41 Å². The molecule has 2 aliphatic heterocycles. The normalized spacial score (nSPS) is 25.9. The smallest absolute Gasteiger partial charge is 0.356 e. The zero-order valence-electron chi connectivity index (χ0n) is 10.3. The average molecular weight is 237 g/mol. The monoisotopic (exact) mass is 237 g/mol. The van der Waals surface area contributed by atoms with Gasteiger partial charge in [-0.2, -0.15) is 0 Å². The van der Waals surface area contributed by atoms with Gasteiger partial charge in [-0.25, -0.2) is 4.79 Å². The number of β-lactam (4-membered cyclic amide) rings is 1. The summed E-state index contributed by atoms with van der Waals surface area (Å²) < 4.78 is 5.61. The molecule has 1 N–H and O–H groups in total. The average Bonchev–Trinajstić information content (AvgIpc) is 2.53. The van der Waals surface area contributed by atoms with Crippen LogP contribution in [0, 0.1) is 5.41 Å². The van der Waals surface area contributed by atoms with Crippen LogP contribution in [-0.2, 0) is 14.3 Å². The molecule has 5 nitrogen and oxygen atoms in total. The number of carbonyl (C=O) groups excluding carboxylic acids is 1. The lowest BCUT2D eigenvalue weighted by Gasteiger charge is -2.35. The van der Waals surface area contributed by atoms with Gasteiger partial charge in [-0.05, 0) is 6.92 Å². The van der Waals surface area contributed by atoms with E-state index >= 15 is 0 Å². The second-order valence-electron chi connectivity index (χ2n) is 5.12. The molecule has 5 heteroatoms. The summed E-state index contributed by atoms with van der Waals surface area (Å²) in [6.45, 7) is 7.31. The van der Waals surface area contributed by atoms with Gasteiger partial charge in [-0.1, -0.05) is 26.8 Å². The van der Waals surface area contributed by atoms with Crippen molar-refractivity contribution in [2.75, 3.05) is 0 Å². The van der Waals surface area contributed by atoms with Gasteiger partial charge in [-0.15, -0.1) is 0 Å². The van der Waals surface area contributed by atoms with Crippen LogP contribution in [0.5, 0.6) is 0 Å². The van der Waals surface area contributed by atoms with E-state index in [1.807, 2.05) is 20.8 Å². The highest BCUT2D eigenvalue weighted by molar-refractivity contribution is 6.07. The molecule has 17 heavy (non-hydrogen) atoms. The van der Waals surface area contributed by atoms with Crippen LogP contribution in [0.1, 0.15) is 27.7 Å². The number of rotatable bonds is 1. The van der Waals surface area contributed by atoms with Crippen LogP contribution in [-0.4, -0.2) is 28.1 Å². The van der Waals surface area contributed by atoms with Gasteiger partial charge in [0.1, 0.15) is 5.76 Å². The SMILES string of the molecule is CC=C1C(=O)N2C(C(=O)O)=C(C(C)(C)C)OC12.